The lowest BCUT2D eigenvalue weighted by Crippen LogP contribution is -2.41. The maximum absolute atomic E-state index is 12.8. The van der Waals surface area contributed by atoms with E-state index < -0.39 is 0 Å². The van der Waals surface area contributed by atoms with Gasteiger partial charge < -0.3 is 24.0 Å². The molecular formula is C18H28N2O4. The summed E-state index contributed by atoms with van der Waals surface area (Å²) in [5.74, 6) is 1.21. The lowest BCUT2D eigenvalue weighted by molar-refractivity contribution is 0.00387. The van der Waals surface area contributed by atoms with Crippen LogP contribution in [-0.2, 0) is 4.74 Å². The van der Waals surface area contributed by atoms with E-state index in [0.29, 0.717) is 30.2 Å². The third-order valence-corrected chi connectivity index (χ3v) is 4.26. The fourth-order valence-electron chi connectivity index (χ4n) is 2.78. The van der Waals surface area contributed by atoms with Crippen LogP contribution in [0, 0.1) is 0 Å². The highest BCUT2D eigenvalue weighted by molar-refractivity contribution is 5.97. The van der Waals surface area contributed by atoms with E-state index in [9.17, 15) is 4.79 Å². The smallest absolute Gasteiger partial charge is 0.257 e. The van der Waals surface area contributed by atoms with Crippen LogP contribution in [0.3, 0.4) is 0 Å². The fourth-order valence-corrected chi connectivity index (χ4v) is 2.78. The van der Waals surface area contributed by atoms with Gasteiger partial charge in [-0.3, -0.25) is 4.79 Å². The summed E-state index contributed by atoms with van der Waals surface area (Å²) in [5, 5.41) is 0. The van der Waals surface area contributed by atoms with Crippen LogP contribution in [0.2, 0.25) is 0 Å². The molecule has 1 aliphatic heterocycles. The second-order valence-electron chi connectivity index (χ2n) is 6.23. The van der Waals surface area contributed by atoms with Gasteiger partial charge in [-0.15, -0.1) is 0 Å². The number of carbonyl (C=O) groups is 1. The number of likely N-dealkylation sites (N-methyl/N-ethyl adjacent to an activating group) is 1. The number of nitrogens with zero attached hydrogens (tertiary/aromatic N) is 2. The lowest BCUT2D eigenvalue weighted by Gasteiger charge is -2.32. The van der Waals surface area contributed by atoms with E-state index in [2.05, 4.69) is 4.90 Å². The number of hydrogen-bond acceptors (Lipinski definition) is 5. The van der Waals surface area contributed by atoms with Crippen LogP contribution in [0.4, 0.5) is 0 Å². The molecule has 0 bridgehead atoms. The van der Waals surface area contributed by atoms with Gasteiger partial charge in [-0.1, -0.05) is 0 Å². The van der Waals surface area contributed by atoms with Crippen molar-refractivity contribution in [3.63, 3.8) is 0 Å². The molecule has 0 saturated carbocycles. The van der Waals surface area contributed by atoms with E-state index >= 15 is 0 Å². The van der Waals surface area contributed by atoms with Gasteiger partial charge in [0, 0.05) is 19.6 Å². The highest BCUT2D eigenvalue weighted by Gasteiger charge is 2.26. The molecule has 0 atom stereocenters. The summed E-state index contributed by atoms with van der Waals surface area (Å²) in [5.41, 5.74) is 0.545. The molecule has 6 nitrogen and oxygen atoms in total. The van der Waals surface area contributed by atoms with Crippen LogP contribution in [0.25, 0.3) is 0 Å². The first kappa shape index (κ1) is 18.5. The molecule has 0 aromatic heterocycles. The molecular weight excluding hydrogens is 308 g/mol. The molecule has 0 N–H and O–H groups in total. The highest BCUT2D eigenvalue weighted by Crippen LogP contribution is 2.26. The van der Waals surface area contributed by atoms with Crippen molar-refractivity contribution < 1.29 is 19.0 Å². The Morgan fingerprint density at radius 3 is 2.50 bits per heavy atom. The zero-order valence-electron chi connectivity index (χ0n) is 15.1. The van der Waals surface area contributed by atoms with Gasteiger partial charge in [0.1, 0.15) is 11.5 Å². The number of piperidine rings is 1. The average molecular weight is 336 g/mol. The Balaban J connectivity index is 1.93. The van der Waals surface area contributed by atoms with Crippen molar-refractivity contribution in [1.29, 1.82) is 0 Å². The van der Waals surface area contributed by atoms with Crippen LogP contribution < -0.4 is 9.47 Å². The van der Waals surface area contributed by atoms with Gasteiger partial charge >= 0.3 is 0 Å². The first-order valence-corrected chi connectivity index (χ1v) is 8.32. The molecule has 1 aromatic carbocycles. The third kappa shape index (κ3) is 4.85. The van der Waals surface area contributed by atoms with E-state index in [1.165, 1.54) is 0 Å². The van der Waals surface area contributed by atoms with Crippen molar-refractivity contribution in [1.82, 2.24) is 9.80 Å². The van der Waals surface area contributed by atoms with E-state index in [4.69, 9.17) is 14.2 Å². The Morgan fingerprint density at radius 1 is 1.21 bits per heavy atom. The highest BCUT2D eigenvalue weighted by atomic mass is 16.5. The Hall–Kier alpha value is -1.79. The van der Waals surface area contributed by atoms with Crippen LogP contribution in [0.1, 0.15) is 23.2 Å². The van der Waals surface area contributed by atoms with E-state index in [-0.39, 0.29) is 12.0 Å². The SMILES string of the molecule is COc1ccc(OC)c(C(=O)N2CCC(OCCN(C)C)CC2)c1. The van der Waals surface area contributed by atoms with E-state index in [1.54, 1.807) is 32.4 Å². The summed E-state index contributed by atoms with van der Waals surface area (Å²) in [4.78, 5) is 16.8. The number of benzene rings is 1. The standard InChI is InChI=1S/C18H28N2O4/c1-19(2)11-12-24-14-7-9-20(10-8-14)18(21)16-13-15(22-3)5-6-17(16)23-4/h5-6,13-14H,7-12H2,1-4H3. The van der Waals surface area contributed by atoms with Gasteiger partial charge in [-0.2, -0.15) is 0 Å². The molecule has 134 valence electrons. The summed E-state index contributed by atoms with van der Waals surface area (Å²) in [7, 11) is 7.23. The largest absolute Gasteiger partial charge is 0.497 e. The molecule has 1 saturated heterocycles. The van der Waals surface area contributed by atoms with Crippen LogP contribution in [0.5, 0.6) is 11.5 Å². The molecule has 6 heteroatoms. The second kappa shape index (κ2) is 8.89. The molecule has 1 fully saturated rings. The predicted octanol–water partition coefficient (Wildman–Crippen LogP) is 1.89. The Morgan fingerprint density at radius 2 is 1.92 bits per heavy atom. The van der Waals surface area contributed by atoms with Gasteiger partial charge in [-0.05, 0) is 45.1 Å². The quantitative estimate of drug-likeness (QED) is 0.761. The molecule has 0 spiro atoms. The van der Waals surface area contributed by atoms with Crippen molar-refractivity contribution in [3.05, 3.63) is 23.8 Å². The average Bonchev–Trinajstić information content (AvgIpc) is 2.60. The van der Waals surface area contributed by atoms with Crippen molar-refractivity contribution in [3.8, 4) is 11.5 Å². The number of methoxy groups -OCH3 is 2. The maximum Gasteiger partial charge on any atom is 0.257 e. The predicted molar refractivity (Wildman–Crippen MR) is 93.0 cm³/mol. The van der Waals surface area contributed by atoms with Gasteiger partial charge in [0.2, 0.25) is 0 Å². The van der Waals surface area contributed by atoms with E-state index in [0.717, 1.165) is 26.0 Å². The summed E-state index contributed by atoms with van der Waals surface area (Å²) >= 11 is 0. The van der Waals surface area contributed by atoms with Crippen LogP contribution >= 0.6 is 0 Å². The molecule has 2 rings (SSSR count). The molecule has 1 amide bonds. The normalized spacial score (nSPS) is 15.6. The number of rotatable bonds is 7. The van der Waals surface area contributed by atoms with Gasteiger partial charge in [0.15, 0.2) is 0 Å². The maximum atomic E-state index is 12.8. The number of ether oxygens (including phenoxy) is 3. The molecule has 1 heterocycles. The summed E-state index contributed by atoms with van der Waals surface area (Å²) in [6, 6.07) is 5.30. The third-order valence-electron chi connectivity index (χ3n) is 4.26. The van der Waals surface area contributed by atoms with Gasteiger partial charge in [0.05, 0.1) is 32.5 Å². The second-order valence-corrected chi connectivity index (χ2v) is 6.23. The zero-order chi connectivity index (χ0) is 17.5. The molecule has 24 heavy (non-hydrogen) atoms. The Kier molecular flexibility index (Phi) is 6.87. The molecule has 0 radical (unpaired) electrons. The van der Waals surface area contributed by atoms with E-state index in [1.807, 2.05) is 19.0 Å². The number of amides is 1. The van der Waals surface area contributed by atoms with Crippen molar-refractivity contribution >= 4 is 5.91 Å². The minimum absolute atomic E-state index is 0.0162. The molecule has 1 aromatic rings. The molecule has 0 unspecified atom stereocenters. The Bertz CT molecular complexity index is 540. The monoisotopic (exact) mass is 336 g/mol. The fraction of sp³-hybridized carbons (Fsp3) is 0.611. The van der Waals surface area contributed by atoms with Crippen molar-refractivity contribution in [2.75, 3.05) is 54.6 Å². The van der Waals surface area contributed by atoms with Gasteiger partial charge in [-0.25, -0.2) is 0 Å². The van der Waals surface area contributed by atoms with Crippen LogP contribution in [0.15, 0.2) is 18.2 Å². The topological polar surface area (TPSA) is 51.2 Å². The Labute approximate surface area is 144 Å². The number of carbonyl (C=O) groups excluding carboxylic acids is 1. The van der Waals surface area contributed by atoms with Crippen molar-refractivity contribution in [2.24, 2.45) is 0 Å². The lowest BCUT2D eigenvalue weighted by atomic mass is 10.1. The molecule has 1 aliphatic rings. The molecule has 0 aliphatic carbocycles. The van der Waals surface area contributed by atoms with Gasteiger partial charge in [0.25, 0.3) is 5.91 Å². The number of hydrogen-bond donors (Lipinski definition) is 0. The number of likely N-dealkylation sites (tertiary alicyclic amines) is 1. The minimum Gasteiger partial charge on any atom is -0.497 e. The summed E-state index contributed by atoms with van der Waals surface area (Å²) in [6.07, 6.45) is 1.97. The van der Waals surface area contributed by atoms with Crippen molar-refractivity contribution in [2.45, 2.75) is 18.9 Å². The summed E-state index contributed by atoms with van der Waals surface area (Å²) in [6.45, 7) is 3.05. The minimum atomic E-state index is -0.0162. The first-order valence-electron chi connectivity index (χ1n) is 8.32. The first-order chi connectivity index (χ1) is 11.5. The zero-order valence-corrected chi connectivity index (χ0v) is 15.1. The van der Waals surface area contributed by atoms with Crippen LogP contribution in [-0.4, -0.2) is 76.4 Å². The summed E-state index contributed by atoms with van der Waals surface area (Å²) < 4.78 is 16.4.